The third kappa shape index (κ3) is 5.73. The molecule has 0 N–H and O–H groups in total. The van der Waals surface area contributed by atoms with Crippen LogP contribution in [0.2, 0.25) is 0 Å². The molecule has 6 rings (SSSR count). The van der Waals surface area contributed by atoms with Crippen molar-refractivity contribution in [1.82, 2.24) is 0 Å². The van der Waals surface area contributed by atoms with E-state index in [1.807, 2.05) is 24.3 Å². The Bertz CT molecular complexity index is 1820. The van der Waals surface area contributed by atoms with Crippen molar-refractivity contribution in [2.24, 2.45) is 0 Å². The van der Waals surface area contributed by atoms with Gasteiger partial charge in [0, 0.05) is 0 Å². The van der Waals surface area contributed by atoms with Crippen LogP contribution in [-0.4, -0.2) is 16.8 Å². The molecule has 0 spiro atoms. The van der Waals surface area contributed by atoms with Crippen molar-refractivity contribution < 1.29 is 16.8 Å². The van der Waals surface area contributed by atoms with Crippen molar-refractivity contribution in [2.75, 3.05) is 8.61 Å². The molecule has 44 heavy (non-hydrogen) atoms. The summed E-state index contributed by atoms with van der Waals surface area (Å²) in [5, 5.41) is 0. The lowest BCUT2D eigenvalue weighted by Crippen LogP contribution is -2.26. The molecule has 6 aromatic rings. The van der Waals surface area contributed by atoms with Crippen molar-refractivity contribution in [3.63, 3.8) is 0 Å². The molecule has 0 aliphatic rings. The minimum Gasteiger partial charge on any atom is -0.235 e. The number of benzene rings is 6. The normalized spacial score (nSPS) is 11.5. The summed E-state index contributed by atoms with van der Waals surface area (Å²) in [4.78, 5) is 0.268. The lowest BCUT2D eigenvalue weighted by atomic mass is 10.1. The van der Waals surface area contributed by atoms with Gasteiger partial charge >= 0.3 is 0 Å². The number of sulfonamides is 2. The van der Waals surface area contributed by atoms with Crippen LogP contribution in [0.25, 0.3) is 11.1 Å². The second kappa shape index (κ2) is 12.2. The summed E-state index contributed by atoms with van der Waals surface area (Å²) in [5.41, 5.74) is 3.61. The second-order valence-electron chi connectivity index (χ2n) is 9.93. The molecule has 0 saturated heterocycles. The standard InChI is InChI=1S/C36H28N2O4S2/c39-43(40,37(31-13-5-1-6-14-31)32-15-7-2-8-16-32)35-25-21-29(22-26-35)30-23-27-36(28-24-30)44(41,42)38(33-17-9-3-10-18-33)34-19-11-4-12-20-34/h1-28H. The van der Waals surface area contributed by atoms with Crippen LogP contribution >= 0.6 is 0 Å². The van der Waals surface area contributed by atoms with E-state index < -0.39 is 20.0 Å². The first kappa shape index (κ1) is 28.9. The Kier molecular flexibility index (Phi) is 8.02. The number of anilines is 4. The molecule has 218 valence electrons. The van der Waals surface area contributed by atoms with Crippen LogP contribution in [0.15, 0.2) is 180 Å². The van der Waals surface area contributed by atoms with E-state index in [2.05, 4.69) is 0 Å². The van der Waals surface area contributed by atoms with Crippen molar-refractivity contribution in [3.05, 3.63) is 170 Å². The number of hydrogen-bond donors (Lipinski definition) is 0. The highest BCUT2D eigenvalue weighted by molar-refractivity contribution is 7.93. The maximum atomic E-state index is 13.9. The molecular weight excluding hydrogens is 589 g/mol. The van der Waals surface area contributed by atoms with Crippen LogP contribution in [0.3, 0.4) is 0 Å². The Balaban J connectivity index is 1.31. The van der Waals surface area contributed by atoms with Gasteiger partial charge in [0.2, 0.25) is 0 Å². The molecule has 0 amide bonds. The van der Waals surface area contributed by atoms with Gasteiger partial charge in [-0.05, 0) is 83.9 Å². The van der Waals surface area contributed by atoms with Crippen LogP contribution in [0.4, 0.5) is 22.7 Å². The lowest BCUT2D eigenvalue weighted by Gasteiger charge is -2.25. The molecule has 6 aromatic carbocycles. The maximum Gasteiger partial charge on any atom is 0.268 e. The van der Waals surface area contributed by atoms with Gasteiger partial charge in [0.15, 0.2) is 0 Å². The predicted octanol–water partition coefficient (Wildman–Crippen LogP) is 8.41. The minimum atomic E-state index is -3.95. The molecule has 0 atom stereocenters. The molecular formula is C36H28N2O4S2. The zero-order chi connectivity index (χ0) is 30.6. The molecule has 0 heterocycles. The van der Waals surface area contributed by atoms with Crippen LogP contribution < -0.4 is 8.61 Å². The van der Waals surface area contributed by atoms with E-state index >= 15 is 0 Å². The van der Waals surface area contributed by atoms with Gasteiger partial charge in [0.25, 0.3) is 20.0 Å². The van der Waals surface area contributed by atoms with E-state index in [1.54, 1.807) is 146 Å². The number of rotatable bonds is 9. The van der Waals surface area contributed by atoms with Gasteiger partial charge in [0.1, 0.15) is 0 Å². The summed E-state index contributed by atoms with van der Waals surface area (Å²) in [6.45, 7) is 0. The van der Waals surface area contributed by atoms with Crippen LogP contribution in [-0.2, 0) is 20.0 Å². The Morgan fingerprint density at radius 1 is 0.295 bits per heavy atom. The average molecular weight is 617 g/mol. The fourth-order valence-corrected chi connectivity index (χ4v) is 7.94. The van der Waals surface area contributed by atoms with Crippen LogP contribution in [0, 0.1) is 0 Å². The van der Waals surface area contributed by atoms with Crippen molar-refractivity contribution in [3.8, 4) is 11.1 Å². The molecule has 0 fully saturated rings. The highest BCUT2D eigenvalue weighted by Crippen LogP contribution is 2.35. The van der Waals surface area contributed by atoms with Gasteiger partial charge in [-0.1, -0.05) is 97.1 Å². The first-order valence-electron chi connectivity index (χ1n) is 13.9. The first-order valence-corrected chi connectivity index (χ1v) is 16.8. The fraction of sp³-hybridized carbons (Fsp3) is 0. The lowest BCUT2D eigenvalue weighted by molar-refractivity contribution is 0.594. The van der Waals surface area contributed by atoms with Crippen LogP contribution in [0.5, 0.6) is 0 Å². The van der Waals surface area contributed by atoms with Gasteiger partial charge in [-0.15, -0.1) is 0 Å². The van der Waals surface area contributed by atoms with Gasteiger partial charge in [-0.2, -0.15) is 0 Å². The fourth-order valence-electron chi connectivity index (χ4n) is 4.96. The van der Waals surface area contributed by atoms with Crippen LogP contribution in [0.1, 0.15) is 0 Å². The summed E-state index contributed by atoms with van der Waals surface area (Å²) in [5.74, 6) is 0. The predicted molar refractivity (Wildman–Crippen MR) is 176 cm³/mol. The summed E-state index contributed by atoms with van der Waals surface area (Å²) in [6, 6.07) is 49.0. The highest BCUT2D eigenvalue weighted by atomic mass is 32.2. The Morgan fingerprint density at radius 3 is 0.750 bits per heavy atom. The molecule has 0 aromatic heterocycles. The summed E-state index contributed by atoms with van der Waals surface area (Å²) < 4.78 is 58.2. The third-order valence-corrected chi connectivity index (χ3v) is 10.6. The minimum absolute atomic E-state index is 0.134. The molecule has 6 nitrogen and oxygen atoms in total. The van der Waals surface area contributed by atoms with E-state index in [0.29, 0.717) is 22.7 Å². The third-order valence-electron chi connectivity index (χ3n) is 7.08. The molecule has 0 aliphatic carbocycles. The van der Waals surface area contributed by atoms with E-state index in [1.165, 1.54) is 8.61 Å². The molecule has 0 saturated carbocycles. The highest BCUT2D eigenvalue weighted by Gasteiger charge is 2.28. The number of hydrogen-bond acceptors (Lipinski definition) is 4. The molecule has 8 heteroatoms. The van der Waals surface area contributed by atoms with Gasteiger partial charge in [0.05, 0.1) is 32.5 Å². The van der Waals surface area contributed by atoms with Crippen molar-refractivity contribution in [1.29, 1.82) is 0 Å². The smallest absolute Gasteiger partial charge is 0.235 e. The largest absolute Gasteiger partial charge is 0.268 e. The average Bonchev–Trinajstić information content (AvgIpc) is 3.07. The summed E-state index contributed by atoms with van der Waals surface area (Å²) >= 11 is 0. The van der Waals surface area contributed by atoms with Crippen molar-refractivity contribution in [2.45, 2.75) is 9.79 Å². The number of nitrogens with zero attached hydrogens (tertiary/aromatic N) is 2. The van der Waals surface area contributed by atoms with Gasteiger partial charge < -0.3 is 0 Å². The van der Waals surface area contributed by atoms with E-state index in [0.717, 1.165) is 11.1 Å². The Hall–Kier alpha value is -5.18. The molecule has 0 radical (unpaired) electrons. The van der Waals surface area contributed by atoms with Gasteiger partial charge in [-0.3, -0.25) is 0 Å². The van der Waals surface area contributed by atoms with Gasteiger partial charge in [-0.25, -0.2) is 25.4 Å². The second-order valence-corrected chi connectivity index (χ2v) is 13.5. The number of para-hydroxylation sites is 4. The molecule has 0 unspecified atom stereocenters. The summed E-state index contributed by atoms with van der Waals surface area (Å²) in [6.07, 6.45) is 0. The monoisotopic (exact) mass is 616 g/mol. The Labute approximate surface area is 258 Å². The summed E-state index contributed by atoms with van der Waals surface area (Å²) in [7, 11) is -7.89. The molecule has 0 aliphatic heterocycles. The zero-order valence-corrected chi connectivity index (χ0v) is 25.1. The quantitative estimate of drug-likeness (QED) is 0.163. The van der Waals surface area contributed by atoms with Crippen molar-refractivity contribution >= 4 is 42.8 Å². The van der Waals surface area contributed by atoms with E-state index in [4.69, 9.17) is 0 Å². The SMILES string of the molecule is O=S(=O)(c1ccc(-c2ccc(S(=O)(=O)N(c3ccccc3)c3ccccc3)cc2)cc1)N(c1ccccc1)c1ccccc1. The van der Waals surface area contributed by atoms with E-state index in [9.17, 15) is 16.8 Å². The van der Waals surface area contributed by atoms with E-state index in [-0.39, 0.29) is 9.79 Å². The zero-order valence-electron chi connectivity index (χ0n) is 23.5. The Morgan fingerprint density at radius 2 is 0.523 bits per heavy atom. The maximum absolute atomic E-state index is 13.9. The topological polar surface area (TPSA) is 74.8 Å². The molecule has 0 bridgehead atoms. The first-order chi connectivity index (χ1) is 21.4.